The maximum Gasteiger partial charge on any atom is 0.201 e. The van der Waals surface area contributed by atoms with Gasteiger partial charge < -0.3 is 0 Å². The van der Waals surface area contributed by atoms with E-state index >= 15 is 0 Å². The summed E-state index contributed by atoms with van der Waals surface area (Å²) in [5.41, 5.74) is 5.08. The highest BCUT2D eigenvalue weighted by Gasteiger charge is 2.19. The summed E-state index contributed by atoms with van der Waals surface area (Å²) in [7, 11) is 0. The van der Waals surface area contributed by atoms with Gasteiger partial charge in [-0.25, -0.2) is 4.98 Å². The Hall–Kier alpha value is -2.27. The normalized spacial score (nSPS) is 17.1. The number of hydrogen-bond acceptors (Lipinski definition) is 4. The lowest BCUT2D eigenvalue weighted by Gasteiger charge is -2.24. The van der Waals surface area contributed by atoms with Crippen molar-refractivity contribution in [3.05, 3.63) is 42.1 Å². The molecule has 1 fully saturated rings. The minimum atomic E-state index is 0.464. The van der Waals surface area contributed by atoms with Gasteiger partial charge in [0.1, 0.15) is 5.52 Å². The third-order valence-corrected chi connectivity index (χ3v) is 4.56. The van der Waals surface area contributed by atoms with Crippen LogP contribution in [-0.2, 0) is 0 Å². The molecule has 1 N–H and O–H groups in total. The Morgan fingerprint density at radius 3 is 2.82 bits per heavy atom. The van der Waals surface area contributed by atoms with E-state index in [1.54, 1.807) is 0 Å². The third kappa shape index (κ3) is 2.37. The Morgan fingerprint density at radius 1 is 1.09 bits per heavy atom. The highest BCUT2D eigenvalue weighted by atomic mass is 15.3. The van der Waals surface area contributed by atoms with Gasteiger partial charge in [-0.15, -0.1) is 5.10 Å². The molecule has 0 aliphatic carbocycles. The smallest absolute Gasteiger partial charge is 0.201 e. The zero-order valence-corrected chi connectivity index (χ0v) is 12.7. The topological polar surface area (TPSA) is 57.7 Å². The summed E-state index contributed by atoms with van der Waals surface area (Å²) in [4.78, 5) is 6.91. The lowest BCUT2D eigenvalue weighted by molar-refractivity contribution is 0.263. The van der Waals surface area contributed by atoms with E-state index in [4.69, 9.17) is 0 Å². The van der Waals surface area contributed by atoms with Crippen LogP contribution in [0.25, 0.3) is 22.3 Å². The van der Waals surface area contributed by atoms with E-state index in [1.165, 1.54) is 37.1 Å². The summed E-state index contributed by atoms with van der Waals surface area (Å²) in [6, 6.07) is 11.2. The number of H-pyrrole nitrogens is 1. The number of nitrogens with zero attached hydrogens (tertiary/aromatic N) is 4. The maximum atomic E-state index is 4.35. The predicted octanol–water partition coefficient (Wildman–Crippen LogP) is 3.18. The largest absolute Gasteiger partial charge is 0.297 e. The highest BCUT2D eigenvalue weighted by Crippen LogP contribution is 2.28. The predicted molar refractivity (Wildman–Crippen MR) is 86.3 cm³/mol. The molecule has 1 aliphatic rings. The van der Waals surface area contributed by atoms with Gasteiger partial charge in [0.2, 0.25) is 5.65 Å². The standard InChI is InChI=1S/C17H19N5/c1-12(22-7-2-3-8-22)13-5-4-6-14(9-13)15-10-16-17(18-11-15)20-21-19-16/h4-6,9-12H,2-3,7-8H2,1H3,(H,18,19,20,21)/t12-/m0/s1. The second kappa shape index (κ2) is 5.50. The molecule has 3 heterocycles. The first-order valence-electron chi connectivity index (χ1n) is 7.82. The monoisotopic (exact) mass is 293 g/mol. The number of fused-ring (bicyclic) bond motifs is 1. The summed E-state index contributed by atoms with van der Waals surface area (Å²) < 4.78 is 0. The Morgan fingerprint density at radius 2 is 1.95 bits per heavy atom. The van der Waals surface area contributed by atoms with Crippen molar-refractivity contribution in [3.8, 4) is 11.1 Å². The molecule has 1 aromatic carbocycles. The number of rotatable bonds is 3. The molecule has 0 unspecified atom stereocenters. The van der Waals surface area contributed by atoms with E-state index in [0.29, 0.717) is 11.7 Å². The fraction of sp³-hybridized carbons (Fsp3) is 0.353. The Kier molecular flexibility index (Phi) is 3.35. The fourth-order valence-corrected chi connectivity index (χ4v) is 3.22. The molecule has 5 nitrogen and oxygen atoms in total. The van der Waals surface area contributed by atoms with Gasteiger partial charge in [-0.2, -0.15) is 10.3 Å². The van der Waals surface area contributed by atoms with Crippen LogP contribution in [0.15, 0.2) is 36.5 Å². The number of hydrogen-bond donors (Lipinski definition) is 1. The van der Waals surface area contributed by atoms with Crippen LogP contribution in [0.3, 0.4) is 0 Å². The molecule has 3 aromatic rings. The molecule has 1 aliphatic heterocycles. The summed E-state index contributed by atoms with van der Waals surface area (Å²) in [6.45, 7) is 4.71. The lowest BCUT2D eigenvalue weighted by Crippen LogP contribution is -2.23. The van der Waals surface area contributed by atoms with Crippen molar-refractivity contribution >= 4 is 11.2 Å². The molecule has 112 valence electrons. The van der Waals surface area contributed by atoms with Crippen molar-refractivity contribution in [1.82, 2.24) is 25.3 Å². The molecule has 2 aromatic heterocycles. The molecular formula is C17H19N5. The molecule has 22 heavy (non-hydrogen) atoms. The van der Waals surface area contributed by atoms with Gasteiger partial charge >= 0.3 is 0 Å². The van der Waals surface area contributed by atoms with Crippen LogP contribution in [0.1, 0.15) is 31.4 Å². The molecule has 1 atom stereocenters. The van der Waals surface area contributed by atoms with Gasteiger partial charge in [-0.1, -0.05) is 18.2 Å². The molecule has 0 radical (unpaired) electrons. The third-order valence-electron chi connectivity index (χ3n) is 4.56. The maximum absolute atomic E-state index is 4.35. The Bertz CT molecular complexity index is 788. The number of likely N-dealkylation sites (tertiary alicyclic amines) is 1. The van der Waals surface area contributed by atoms with Crippen LogP contribution in [-0.4, -0.2) is 38.4 Å². The molecule has 5 heteroatoms. The van der Waals surface area contributed by atoms with E-state index in [1.807, 2.05) is 12.3 Å². The van der Waals surface area contributed by atoms with Crippen molar-refractivity contribution in [3.63, 3.8) is 0 Å². The second-order valence-corrected chi connectivity index (χ2v) is 5.93. The van der Waals surface area contributed by atoms with Crippen molar-refractivity contribution in [2.45, 2.75) is 25.8 Å². The molecule has 4 rings (SSSR count). The Balaban J connectivity index is 1.68. The van der Waals surface area contributed by atoms with Crippen LogP contribution >= 0.6 is 0 Å². The van der Waals surface area contributed by atoms with Gasteiger partial charge in [0.15, 0.2) is 0 Å². The van der Waals surface area contributed by atoms with Crippen molar-refractivity contribution < 1.29 is 0 Å². The number of aromatic amines is 1. The van der Waals surface area contributed by atoms with E-state index in [2.05, 4.69) is 56.5 Å². The number of aromatic nitrogens is 4. The summed E-state index contributed by atoms with van der Waals surface area (Å²) >= 11 is 0. The van der Waals surface area contributed by atoms with Gasteiger partial charge in [-0.3, -0.25) is 4.90 Å². The molecule has 0 spiro atoms. The zero-order chi connectivity index (χ0) is 14.9. The number of benzene rings is 1. The minimum absolute atomic E-state index is 0.464. The lowest BCUT2D eigenvalue weighted by atomic mass is 10.0. The van der Waals surface area contributed by atoms with Gasteiger partial charge in [0.25, 0.3) is 0 Å². The van der Waals surface area contributed by atoms with Crippen molar-refractivity contribution in [2.24, 2.45) is 0 Å². The highest BCUT2D eigenvalue weighted by molar-refractivity contribution is 5.77. The van der Waals surface area contributed by atoms with Crippen LogP contribution in [0.4, 0.5) is 0 Å². The molecule has 1 saturated heterocycles. The summed E-state index contributed by atoms with van der Waals surface area (Å²) in [5.74, 6) is 0. The Labute approximate surface area is 129 Å². The summed E-state index contributed by atoms with van der Waals surface area (Å²) in [6.07, 6.45) is 4.50. The number of nitrogens with one attached hydrogen (secondary N) is 1. The van der Waals surface area contributed by atoms with E-state index in [9.17, 15) is 0 Å². The number of pyridine rings is 1. The first-order valence-corrected chi connectivity index (χ1v) is 7.82. The van der Waals surface area contributed by atoms with Gasteiger partial charge in [0, 0.05) is 17.8 Å². The SMILES string of the molecule is C[C@@H](c1cccc(-c2cnc3n[nH]nc3c2)c1)N1CCCC1. The van der Waals surface area contributed by atoms with Crippen molar-refractivity contribution in [1.29, 1.82) is 0 Å². The second-order valence-electron chi connectivity index (χ2n) is 5.93. The van der Waals surface area contributed by atoms with E-state index in [-0.39, 0.29) is 0 Å². The van der Waals surface area contributed by atoms with E-state index in [0.717, 1.165) is 11.1 Å². The first kappa shape index (κ1) is 13.4. The zero-order valence-electron chi connectivity index (χ0n) is 12.7. The van der Waals surface area contributed by atoms with E-state index < -0.39 is 0 Å². The first-order chi connectivity index (χ1) is 10.8. The van der Waals surface area contributed by atoms with Gasteiger partial charge in [0.05, 0.1) is 0 Å². The molecule has 0 saturated carbocycles. The molecular weight excluding hydrogens is 274 g/mol. The van der Waals surface area contributed by atoms with Crippen LogP contribution in [0.2, 0.25) is 0 Å². The average molecular weight is 293 g/mol. The minimum Gasteiger partial charge on any atom is -0.297 e. The molecule has 0 amide bonds. The summed E-state index contributed by atoms with van der Waals surface area (Å²) in [5, 5.41) is 10.7. The average Bonchev–Trinajstić information content (AvgIpc) is 3.25. The fourth-order valence-electron chi connectivity index (χ4n) is 3.22. The molecule has 0 bridgehead atoms. The van der Waals surface area contributed by atoms with Crippen LogP contribution in [0, 0.1) is 0 Å². The van der Waals surface area contributed by atoms with Crippen LogP contribution in [0.5, 0.6) is 0 Å². The van der Waals surface area contributed by atoms with Crippen LogP contribution < -0.4 is 0 Å². The quantitative estimate of drug-likeness (QED) is 0.806. The van der Waals surface area contributed by atoms with Gasteiger partial charge in [-0.05, 0) is 56.1 Å². The van der Waals surface area contributed by atoms with Crippen molar-refractivity contribution in [2.75, 3.05) is 13.1 Å².